The van der Waals surface area contributed by atoms with Gasteiger partial charge in [0.2, 0.25) is 11.8 Å². The van der Waals surface area contributed by atoms with Crippen molar-refractivity contribution in [2.45, 2.75) is 49.0 Å². The highest BCUT2D eigenvalue weighted by atomic mass is 35.5. The summed E-state index contributed by atoms with van der Waals surface area (Å²) in [4.78, 5) is 25.2. The normalized spacial score (nSPS) is 20.7. The molecule has 162 valence electrons. The van der Waals surface area contributed by atoms with Crippen LogP contribution in [0.4, 0.5) is 5.95 Å². The SMILES string of the molecule is CCOc1nccc(Sc2cnc(N3CCC4(CC3)CO[C@@H](C)C4)n(C)c2=O)c1Cl. The summed E-state index contributed by atoms with van der Waals surface area (Å²) in [5.41, 5.74) is 0.204. The monoisotopic (exact) mass is 450 g/mol. The first-order chi connectivity index (χ1) is 14.4. The van der Waals surface area contributed by atoms with Crippen molar-refractivity contribution >= 4 is 29.3 Å². The van der Waals surface area contributed by atoms with Crippen molar-refractivity contribution in [2.24, 2.45) is 12.5 Å². The molecular formula is C21H27ClN4O3S. The second kappa shape index (κ2) is 8.77. The summed E-state index contributed by atoms with van der Waals surface area (Å²) < 4.78 is 12.9. The van der Waals surface area contributed by atoms with E-state index >= 15 is 0 Å². The lowest BCUT2D eigenvalue weighted by Crippen LogP contribution is -2.43. The fourth-order valence-corrected chi connectivity index (χ4v) is 5.45. The number of ether oxygens (including phenoxy) is 2. The molecule has 1 atom stereocenters. The number of rotatable bonds is 5. The predicted molar refractivity (Wildman–Crippen MR) is 118 cm³/mol. The summed E-state index contributed by atoms with van der Waals surface area (Å²) in [6.07, 6.45) is 6.87. The van der Waals surface area contributed by atoms with E-state index in [-0.39, 0.29) is 5.56 Å². The molecule has 0 N–H and O–H groups in total. The van der Waals surface area contributed by atoms with Crippen LogP contribution >= 0.6 is 23.4 Å². The largest absolute Gasteiger partial charge is 0.477 e. The molecule has 0 aliphatic carbocycles. The molecule has 2 fully saturated rings. The molecule has 30 heavy (non-hydrogen) atoms. The van der Waals surface area contributed by atoms with Crippen LogP contribution in [0.2, 0.25) is 5.02 Å². The maximum Gasteiger partial charge on any atom is 0.268 e. The van der Waals surface area contributed by atoms with E-state index in [2.05, 4.69) is 21.8 Å². The molecule has 0 saturated carbocycles. The maximum atomic E-state index is 13.0. The number of halogens is 1. The third-order valence-corrected chi connectivity index (χ3v) is 7.47. The van der Waals surface area contributed by atoms with Crippen molar-refractivity contribution in [1.29, 1.82) is 0 Å². The van der Waals surface area contributed by atoms with E-state index in [1.807, 2.05) is 6.92 Å². The van der Waals surface area contributed by atoms with Gasteiger partial charge in [-0.3, -0.25) is 9.36 Å². The Hall–Kier alpha value is -1.77. The van der Waals surface area contributed by atoms with Gasteiger partial charge in [0.25, 0.3) is 5.56 Å². The molecule has 0 aromatic carbocycles. The Morgan fingerprint density at radius 2 is 2.10 bits per heavy atom. The van der Waals surface area contributed by atoms with Gasteiger partial charge in [0.05, 0.1) is 30.4 Å². The fraction of sp³-hybridized carbons (Fsp3) is 0.571. The summed E-state index contributed by atoms with van der Waals surface area (Å²) in [6, 6.07) is 1.78. The molecule has 0 bridgehead atoms. The first kappa shape index (κ1) is 21.5. The van der Waals surface area contributed by atoms with Gasteiger partial charge >= 0.3 is 0 Å². The average molecular weight is 451 g/mol. The zero-order valence-electron chi connectivity index (χ0n) is 17.6. The molecule has 2 aromatic heterocycles. The zero-order chi connectivity index (χ0) is 21.3. The van der Waals surface area contributed by atoms with E-state index < -0.39 is 0 Å². The van der Waals surface area contributed by atoms with Crippen LogP contribution < -0.4 is 15.2 Å². The van der Waals surface area contributed by atoms with Gasteiger partial charge in [0, 0.05) is 31.2 Å². The van der Waals surface area contributed by atoms with Crippen LogP contribution in [-0.2, 0) is 11.8 Å². The third-order valence-electron chi connectivity index (χ3n) is 5.94. The Morgan fingerprint density at radius 3 is 2.77 bits per heavy atom. The van der Waals surface area contributed by atoms with Gasteiger partial charge < -0.3 is 14.4 Å². The highest BCUT2D eigenvalue weighted by Gasteiger charge is 2.41. The van der Waals surface area contributed by atoms with E-state index in [9.17, 15) is 4.79 Å². The lowest BCUT2D eigenvalue weighted by molar-refractivity contribution is 0.0974. The summed E-state index contributed by atoms with van der Waals surface area (Å²) >= 11 is 7.68. The molecule has 0 unspecified atom stereocenters. The third kappa shape index (κ3) is 4.18. The number of hydrogen-bond donors (Lipinski definition) is 0. The first-order valence-electron chi connectivity index (χ1n) is 10.3. The molecule has 7 nitrogen and oxygen atoms in total. The van der Waals surface area contributed by atoms with Crippen LogP contribution in [0, 0.1) is 5.41 Å². The predicted octanol–water partition coefficient (Wildman–Crippen LogP) is 3.77. The molecule has 2 aromatic rings. The van der Waals surface area contributed by atoms with Gasteiger partial charge in [-0.1, -0.05) is 23.4 Å². The van der Waals surface area contributed by atoms with E-state index in [1.54, 1.807) is 30.1 Å². The molecule has 2 saturated heterocycles. The molecule has 4 heterocycles. The second-order valence-electron chi connectivity index (χ2n) is 8.06. The quantitative estimate of drug-likeness (QED) is 0.686. The first-order valence-corrected chi connectivity index (χ1v) is 11.5. The maximum absolute atomic E-state index is 13.0. The number of hydrogen-bond acceptors (Lipinski definition) is 7. The number of nitrogens with zero attached hydrogens (tertiary/aromatic N) is 4. The fourth-order valence-electron chi connectivity index (χ4n) is 4.30. The molecule has 2 aliphatic rings. The van der Waals surface area contributed by atoms with Gasteiger partial charge in [0.15, 0.2) is 0 Å². The van der Waals surface area contributed by atoms with Crippen LogP contribution in [0.15, 0.2) is 33.0 Å². The van der Waals surface area contributed by atoms with Gasteiger partial charge in [0.1, 0.15) is 5.02 Å². The Kier molecular flexibility index (Phi) is 6.27. The molecule has 0 radical (unpaired) electrons. The van der Waals surface area contributed by atoms with Crippen LogP contribution in [0.1, 0.15) is 33.1 Å². The number of anilines is 1. The molecule has 0 amide bonds. The van der Waals surface area contributed by atoms with Gasteiger partial charge in [-0.2, -0.15) is 0 Å². The Bertz CT molecular complexity index is 975. The number of pyridine rings is 1. The Morgan fingerprint density at radius 1 is 1.33 bits per heavy atom. The van der Waals surface area contributed by atoms with Crippen molar-refractivity contribution in [3.05, 3.63) is 33.8 Å². The van der Waals surface area contributed by atoms with Crippen molar-refractivity contribution in [3.63, 3.8) is 0 Å². The molecular weight excluding hydrogens is 424 g/mol. The minimum Gasteiger partial charge on any atom is -0.477 e. The second-order valence-corrected chi connectivity index (χ2v) is 9.52. The van der Waals surface area contributed by atoms with Crippen molar-refractivity contribution in [1.82, 2.24) is 14.5 Å². The summed E-state index contributed by atoms with van der Waals surface area (Å²) in [5.74, 6) is 1.08. The lowest BCUT2D eigenvalue weighted by Gasteiger charge is -2.39. The molecule has 1 spiro atoms. The minimum atomic E-state index is -0.0889. The molecule has 2 aliphatic heterocycles. The molecule has 4 rings (SSSR count). The minimum absolute atomic E-state index is 0.0889. The highest BCUT2D eigenvalue weighted by Crippen LogP contribution is 2.42. The topological polar surface area (TPSA) is 69.5 Å². The van der Waals surface area contributed by atoms with Crippen LogP contribution in [0.3, 0.4) is 0 Å². The Labute approximate surface area is 185 Å². The van der Waals surface area contributed by atoms with Crippen LogP contribution in [0.5, 0.6) is 5.88 Å². The number of piperidine rings is 1. The van der Waals surface area contributed by atoms with Gasteiger partial charge in [-0.05, 0) is 44.6 Å². The summed E-state index contributed by atoms with van der Waals surface area (Å²) in [7, 11) is 1.78. The standard InChI is InChI=1S/C21H27ClN4O3S/c1-4-28-18-17(22)15(5-8-23-18)30-16-12-24-20(25(3)19(16)27)26-9-6-21(7-10-26)11-14(2)29-13-21/h5,8,12,14H,4,6-7,9-11,13H2,1-3H3/t14-/m0/s1. The van der Waals surface area contributed by atoms with Crippen molar-refractivity contribution < 1.29 is 9.47 Å². The Balaban J connectivity index is 1.51. The molecule has 9 heteroatoms. The van der Waals surface area contributed by atoms with E-state index in [0.717, 1.165) is 43.9 Å². The zero-order valence-corrected chi connectivity index (χ0v) is 19.1. The average Bonchev–Trinajstić information content (AvgIpc) is 3.10. The smallest absolute Gasteiger partial charge is 0.268 e. The van der Waals surface area contributed by atoms with E-state index in [4.69, 9.17) is 21.1 Å². The van der Waals surface area contributed by atoms with Crippen LogP contribution in [0.25, 0.3) is 0 Å². The van der Waals surface area contributed by atoms with E-state index in [0.29, 0.717) is 39.9 Å². The summed E-state index contributed by atoms with van der Waals surface area (Å²) in [5, 5.41) is 0.407. The van der Waals surface area contributed by atoms with Crippen LogP contribution in [-0.4, -0.2) is 46.9 Å². The van der Waals surface area contributed by atoms with E-state index in [1.165, 1.54) is 11.8 Å². The van der Waals surface area contributed by atoms with Gasteiger partial charge in [-0.15, -0.1) is 0 Å². The number of aromatic nitrogens is 3. The highest BCUT2D eigenvalue weighted by molar-refractivity contribution is 7.99. The summed E-state index contributed by atoms with van der Waals surface area (Å²) in [6.45, 7) is 7.11. The van der Waals surface area contributed by atoms with Gasteiger partial charge in [-0.25, -0.2) is 9.97 Å². The lowest BCUT2D eigenvalue weighted by atomic mass is 9.77. The van der Waals surface area contributed by atoms with Crippen molar-refractivity contribution in [3.8, 4) is 5.88 Å². The van der Waals surface area contributed by atoms with Crippen molar-refractivity contribution in [2.75, 3.05) is 31.2 Å².